The van der Waals surface area contributed by atoms with Crippen molar-refractivity contribution in [2.45, 2.75) is 38.1 Å². The van der Waals surface area contributed by atoms with Crippen molar-refractivity contribution in [1.82, 2.24) is 15.1 Å². The number of hydrogen-bond donors (Lipinski definition) is 2. The van der Waals surface area contributed by atoms with Crippen molar-refractivity contribution in [3.8, 4) is 0 Å². The molecule has 2 unspecified atom stereocenters. The quantitative estimate of drug-likeness (QED) is 0.557. The van der Waals surface area contributed by atoms with E-state index in [0.29, 0.717) is 13.1 Å². The Morgan fingerprint density at radius 3 is 1.85 bits per heavy atom. The third kappa shape index (κ3) is 5.07. The first-order valence-electron chi connectivity index (χ1n) is 11.2. The van der Waals surface area contributed by atoms with Gasteiger partial charge in [-0.05, 0) is 23.6 Å². The maximum Gasteiger partial charge on any atom is 0.321 e. The summed E-state index contributed by atoms with van der Waals surface area (Å²) in [5, 5.41) is 13.3. The third-order valence-corrected chi connectivity index (χ3v) is 6.10. The molecule has 4 rings (SSSR count). The smallest absolute Gasteiger partial charge is 0.321 e. The van der Waals surface area contributed by atoms with Gasteiger partial charge in [0.15, 0.2) is 0 Å². The van der Waals surface area contributed by atoms with Crippen LogP contribution in [0.15, 0.2) is 91.0 Å². The largest absolute Gasteiger partial charge is 0.394 e. The number of carbonyl (C=O) groups is 2. The number of nitrogens with zero attached hydrogens (tertiary/aromatic N) is 2. The van der Waals surface area contributed by atoms with Crippen molar-refractivity contribution in [1.29, 1.82) is 0 Å². The lowest BCUT2D eigenvalue weighted by molar-refractivity contribution is -0.127. The molecule has 3 aromatic rings. The van der Waals surface area contributed by atoms with Gasteiger partial charge in [-0.25, -0.2) is 4.79 Å². The van der Waals surface area contributed by atoms with Gasteiger partial charge in [0.2, 0.25) is 5.91 Å². The molecule has 0 bridgehead atoms. The minimum Gasteiger partial charge on any atom is -0.394 e. The number of hydrogen-bond acceptors (Lipinski definition) is 3. The van der Waals surface area contributed by atoms with Crippen LogP contribution in [0.2, 0.25) is 0 Å². The van der Waals surface area contributed by atoms with Crippen molar-refractivity contribution in [3.05, 3.63) is 108 Å². The third-order valence-electron chi connectivity index (χ3n) is 6.10. The van der Waals surface area contributed by atoms with Crippen molar-refractivity contribution >= 4 is 11.9 Å². The first-order chi connectivity index (χ1) is 16.1. The second-order valence-electron chi connectivity index (χ2n) is 8.35. The lowest BCUT2D eigenvalue weighted by Crippen LogP contribution is -2.50. The highest BCUT2D eigenvalue weighted by atomic mass is 16.3. The lowest BCUT2D eigenvalue weighted by atomic mass is 10.0. The summed E-state index contributed by atoms with van der Waals surface area (Å²) in [6.07, 6.45) is 0. The maximum atomic E-state index is 13.5. The Morgan fingerprint density at radius 1 is 0.848 bits per heavy atom. The van der Waals surface area contributed by atoms with Gasteiger partial charge in [0, 0.05) is 13.1 Å². The summed E-state index contributed by atoms with van der Waals surface area (Å²) < 4.78 is 0. The summed E-state index contributed by atoms with van der Waals surface area (Å²) in [4.78, 5) is 30.2. The summed E-state index contributed by atoms with van der Waals surface area (Å²) in [6.45, 7) is 2.23. The molecule has 0 aromatic heterocycles. The van der Waals surface area contributed by atoms with Crippen molar-refractivity contribution in [2.75, 3.05) is 6.61 Å². The molecule has 0 saturated carbocycles. The number of amides is 3. The van der Waals surface area contributed by atoms with Crippen LogP contribution in [0.5, 0.6) is 0 Å². The Bertz CT molecular complexity index is 1060. The summed E-state index contributed by atoms with van der Waals surface area (Å²) >= 11 is 0. The van der Waals surface area contributed by atoms with E-state index in [9.17, 15) is 14.7 Å². The van der Waals surface area contributed by atoms with Crippen LogP contribution >= 0.6 is 0 Å². The Morgan fingerprint density at radius 2 is 1.33 bits per heavy atom. The molecule has 1 aliphatic rings. The summed E-state index contributed by atoms with van der Waals surface area (Å²) in [7, 11) is 0. The van der Waals surface area contributed by atoms with E-state index < -0.39 is 12.1 Å². The zero-order valence-corrected chi connectivity index (χ0v) is 18.7. The number of carbonyl (C=O) groups excluding carboxylic acids is 2. The molecule has 1 saturated heterocycles. The molecular formula is C27H29N3O3. The number of benzene rings is 3. The van der Waals surface area contributed by atoms with E-state index in [1.165, 1.54) is 0 Å². The molecule has 1 heterocycles. The number of urea groups is 1. The van der Waals surface area contributed by atoms with Crippen molar-refractivity contribution in [3.63, 3.8) is 0 Å². The van der Waals surface area contributed by atoms with Gasteiger partial charge in [0.05, 0.1) is 18.7 Å². The van der Waals surface area contributed by atoms with Crippen LogP contribution < -0.4 is 5.32 Å². The zero-order valence-electron chi connectivity index (χ0n) is 18.7. The number of nitrogens with one attached hydrogen (secondary N) is 1. The molecule has 6 heteroatoms. The molecule has 1 fully saturated rings. The fourth-order valence-corrected chi connectivity index (χ4v) is 4.35. The molecule has 2 N–H and O–H groups in total. The van der Waals surface area contributed by atoms with Crippen LogP contribution in [0.25, 0.3) is 0 Å². The summed E-state index contributed by atoms with van der Waals surface area (Å²) in [6, 6.07) is 27.0. The molecule has 3 amide bonds. The minimum atomic E-state index is -0.808. The molecule has 3 aromatic carbocycles. The average Bonchev–Trinajstić information content (AvgIpc) is 3.11. The standard InChI is InChI=1S/C27H29N3O3/c1-20(23-15-9-4-10-16-23)28-26(32)25-24(19-31)29(17-21-11-5-2-6-12-21)27(33)30(25)18-22-13-7-3-8-14-22/h2-16,20,24-25,31H,17-19H2,1H3,(H,28,32)/t20-,24?,25?/m1/s1. The summed E-state index contributed by atoms with van der Waals surface area (Å²) in [5.41, 5.74) is 2.85. The van der Waals surface area contributed by atoms with Crippen molar-refractivity contribution in [2.24, 2.45) is 0 Å². The Balaban J connectivity index is 1.62. The molecular weight excluding hydrogens is 414 g/mol. The Hall–Kier alpha value is -3.64. The molecule has 3 atom stereocenters. The van der Waals surface area contributed by atoms with Crippen molar-refractivity contribution < 1.29 is 14.7 Å². The van der Waals surface area contributed by atoms with Crippen LogP contribution in [-0.2, 0) is 17.9 Å². The minimum absolute atomic E-state index is 0.227. The first kappa shape index (κ1) is 22.6. The van der Waals surface area contributed by atoms with Gasteiger partial charge in [0.1, 0.15) is 6.04 Å². The highest BCUT2D eigenvalue weighted by molar-refractivity contribution is 5.91. The van der Waals surface area contributed by atoms with E-state index in [2.05, 4.69) is 5.32 Å². The first-order valence-corrected chi connectivity index (χ1v) is 11.2. The summed E-state index contributed by atoms with van der Waals surface area (Å²) in [5.74, 6) is -0.273. The second kappa shape index (κ2) is 10.3. The Labute approximate surface area is 194 Å². The zero-order chi connectivity index (χ0) is 23.2. The fraction of sp³-hybridized carbons (Fsp3) is 0.259. The highest BCUT2D eigenvalue weighted by Gasteiger charge is 2.49. The van der Waals surface area contributed by atoms with Gasteiger partial charge in [0.25, 0.3) is 0 Å². The predicted octanol–water partition coefficient (Wildman–Crippen LogP) is 3.73. The SMILES string of the molecule is C[C@@H](NC(=O)C1C(CO)N(Cc2ccccc2)C(=O)N1Cc1ccccc1)c1ccccc1. The normalized spacial score (nSPS) is 18.9. The number of aliphatic hydroxyl groups is 1. The van der Waals surface area contributed by atoms with E-state index in [1.807, 2.05) is 97.9 Å². The number of aliphatic hydroxyl groups excluding tert-OH is 1. The predicted molar refractivity (Wildman–Crippen MR) is 127 cm³/mol. The monoisotopic (exact) mass is 443 g/mol. The average molecular weight is 444 g/mol. The van der Waals surface area contributed by atoms with Crippen LogP contribution in [0, 0.1) is 0 Å². The molecule has 0 spiro atoms. The van der Waals surface area contributed by atoms with Gasteiger partial charge >= 0.3 is 6.03 Å². The van der Waals surface area contributed by atoms with Gasteiger partial charge in [-0.2, -0.15) is 0 Å². The van der Waals surface area contributed by atoms with Crippen LogP contribution in [-0.4, -0.2) is 45.5 Å². The maximum absolute atomic E-state index is 13.5. The number of rotatable bonds is 8. The lowest BCUT2D eigenvalue weighted by Gasteiger charge is -2.27. The molecule has 33 heavy (non-hydrogen) atoms. The second-order valence-corrected chi connectivity index (χ2v) is 8.35. The van der Waals surface area contributed by atoms with E-state index in [4.69, 9.17) is 0 Å². The van der Waals surface area contributed by atoms with Gasteiger partial charge in [-0.15, -0.1) is 0 Å². The molecule has 0 radical (unpaired) electrons. The highest BCUT2D eigenvalue weighted by Crippen LogP contribution is 2.28. The molecule has 170 valence electrons. The van der Waals surface area contributed by atoms with Crippen LogP contribution in [0.1, 0.15) is 29.7 Å². The fourth-order valence-electron chi connectivity index (χ4n) is 4.35. The Kier molecular flexibility index (Phi) is 7.05. The van der Waals surface area contributed by atoms with Crippen LogP contribution in [0.3, 0.4) is 0 Å². The molecule has 1 aliphatic heterocycles. The van der Waals surface area contributed by atoms with Gasteiger partial charge < -0.3 is 20.2 Å². The van der Waals surface area contributed by atoms with Gasteiger partial charge in [-0.3, -0.25) is 4.79 Å². The van der Waals surface area contributed by atoms with E-state index in [1.54, 1.807) is 9.80 Å². The topological polar surface area (TPSA) is 72.9 Å². The van der Waals surface area contributed by atoms with E-state index in [-0.39, 0.29) is 24.6 Å². The van der Waals surface area contributed by atoms with Gasteiger partial charge in [-0.1, -0.05) is 91.0 Å². The van der Waals surface area contributed by atoms with E-state index >= 15 is 0 Å². The van der Waals surface area contributed by atoms with Crippen LogP contribution in [0.4, 0.5) is 4.79 Å². The molecule has 6 nitrogen and oxygen atoms in total. The molecule has 0 aliphatic carbocycles. The van der Waals surface area contributed by atoms with E-state index in [0.717, 1.165) is 16.7 Å².